The van der Waals surface area contributed by atoms with Crippen molar-refractivity contribution in [1.29, 1.82) is 0 Å². The van der Waals surface area contributed by atoms with Crippen LogP contribution >= 0.6 is 0 Å². The van der Waals surface area contributed by atoms with Gasteiger partial charge in [0, 0.05) is 17.6 Å². The lowest BCUT2D eigenvalue weighted by atomic mass is 9.88. The third-order valence-electron chi connectivity index (χ3n) is 4.41. The minimum atomic E-state index is -3.93. The molecule has 1 aliphatic rings. The van der Waals surface area contributed by atoms with E-state index in [0.29, 0.717) is 31.0 Å². The van der Waals surface area contributed by atoms with E-state index in [0.717, 1.165) is 28.6 Å². The van der Waals surface area contributed by atoms with E-state index in [-0.39, 0.29) is 10.9 Å². The van der Waals surface area contributed by atoms with E-state index in [1.54, 1.807) is 12.4 Å². The van der Waals surface area contributed by atoms with Crippen LogP contribution < -0.4 is 4.72 Å². The Hall–Kier alpha value is -2.39. The normalized spacial score (nSPS) is 17.6. The van der Waals surface area contributed by atoms with Crippen molar-refractivity contribution in [3.8, 4) is 0 Å². The predicted octanol–water partition coefficient (Wildman–Crippen LogP) is 2.07. The SMILES string of the molecule is O=S(=O)(NC1CCc2c(cnc3[nH]ncc23)C1)c1ccc(F)c(F)c1. The van der Waals surface area contributed by atoms with Crippen LogP contribution in [-0.4, -0.2) is 29.6 Å². The quantitative estimate of drug-likeness (QED) is 0.745. The first-order valence-corrected chi connectivity index (χ1v) is 9.19. The molecule has 1 aliphatic carbocycles. The minimum absolute atomic E-state index is 0.291. The molecule has 0 amide bonds. The maximum atomic E-state index is 13.3. The molecule has 3 aromatic rings. The first-order valence-electron chi connectivity index (χ1n) is 7.71. The van der Waals surface area contributed by atoms with Gasteiger partial charge in [-0.25, -0.2) is 26.9 Å². The van der Waals surface area contributed by atoms with Crippen molar-refractivity contribution in [3.63, 3.8) is 0 Å². The molecule has 4 rings (SSSR count). The van der Waals surface area contributed by atoms with E-state index in [2.05, 4.69) is 19.9 Å². The van der Waals surface area contributed by atoms with Crippen molar-refractivity contribution in [2.45, 2.75) is 30.2 Å². The van der Waals surface area contributed by atoms with Crippen LogP contribution in [0.3, 0.4) is 0 Å². The molecule has 0 bridgehead atoms. The molecule has 25 heavy (non-hydrogen) atoms. The number of sulfonamides is 1. The van der Waals surface area contributed by atoms with Gasteiger partial charge in [-0.2, -0.15) is 5.10 Å². The van der Waals surface area contributed by atoms with Crippen LogP contribution in [0.25, 0.3) is 11.0 Å². The summed E-state index contributed by atoms with van der Waals surface area (Å²) in [5.41, 5.74) is 2.78. The number of nitrogens with one attached hydrogen (secondary N) is 2. The van der Waals surface area contributed by atoms with Gasteiger partial charge < -0.3 is 0 Å². The highest BCUT2D eigenvalue weighted by Gasteiger charge is 2.26. The summed E-state index contributed by atoms with van der Waals surface area (Å²) in [4.78, 5) is 3.99. The largest absolute Gasteiger partial charge is 0.261 e. The molecular formula is C16H14F2N4O2S. The van der Waals surface area contributed by atoms with Gasteiger partial charge in [-0.05, 0) is 48.6 Å². The maximum Gasteiger partial charge on any atom is 0.240 e. The van der Waals surface area contributed by atoms with Gasteiger partial charge in [0.1, 0.15) is 0 Å². The average molecular weight is 364 g/mol. The third-order valence-corrected chi connectivity index (χ3v) is 5.93. The molecule has 130 valence electrons. The summed E-state index contributed by atoms with van der Waals surface area (Å²) in [6, 6.07) is 2.20. The van der Waals surface area contributed by atoms with Crippen LogP contribution in [0.1, 0.15) is 17.5 Å². The summed E-state index contributed by atoms with van der Waals surface area (Å²) in [5, 5.41) is 7.73. The van der Waals surface area contributed by atoms with Crippen molar-refractivity contribution >= 4 is 21.1 Å². The zero-order valence-electron chi connectivity index (χ0n) is 13.0. The smallest absolute Gasteiger partial charge is 0.240 e. The third kappa shape index (κ3) is 2.89. The van der Waals surface area contributed by atoms with Crippen LogP contribution in [0.5, 0.6) is 0 Å². The fourth-order valence-electron chi connectivity index (χ4n) is 3.18. The first-order chi connectivity index (χ1) is 11.9. The van der Waals surface area contributed by atoms with E-state index in [1.165, 1.54) is 0 Å². The number of hydrogen-bond acceptors (Lipinski definition) is 4. The van der Waals surface area contributed by atoms with Gasteiger partial charge in [-0.3, -0.25) is 5.10 Å². The summed E-state index contributed by atoms with van der Waals surface area (Å²) in [7, 11) is -3.93. The zero-order chi connectivity index (χ0) is 17.6. The van der Waals surface area contributed by atoms with Gasteiger partial charge in [0.15, 0.2) is 17.3 Å². The van der Waals surface area contributed by atoms with Gasteiger partial charge in [-0.1, -0.05) is 0 Å². The minimum Gasteiger partial charge on any atom is -0.261 e. The second-order valence-corrected chi connectivity index (χ2v) is 7.75. The van der Waals surface area contributed by atoms with Gasteiger partial charge in [-0.15, -0.1) is 0 Å². The Kier molecular flexibility index (Phi) is 3.77. The Bertz CT molecular complexity index is 1070. The summed E-state index contributed by atoms with van der Waals surface area (Å²) in [6.07, 6.45) is 5.19. The molecule has 2 N–H and O–H groups in total. The van der Waals surface area contributed by atoms with Gasteiger partial charge >= 0.3 is 0 Å². The summed E-state index contributed by atoms with van der Waals surface area (Å²) < 4.78 is 53.7. The molecule has 2 heterocycles. The molecule has 1 unspecified atom stereocenters. The number of aryl methyl sites for hydroxylation is 1. The maximum absolute atomic E-state index is 13.3. The van der Waals surface area contributed by atoms with E-state index in [4.69, 9.17) is 0 Å². The number of hydrogen-bond donors (Lipinski definition) is 2. The Labute approximate surface area is 142 Å². The fourth-order valence-corrected chi connectivity index (χ4v) is 4.46. The monoisotopic (exact) mass is 364 g/mol. The Balaban J connectivity index is 1.58. The highest BCUT2D eigenvalue weighted by Crippen LogP contribution is 2.27. The predicted molar refractivity (Wildman–Crippen MR) is 86.4 cm³/mol. The average Bonchev–Trinajstić information content (AvgIpc) is 3.05. The number of nitrogens with zero attached hydrogens (tertiary/aromatic N) is 2. The molecule has 6 nitrogen and oxygen atoms in total. The highest BCUT2D eigenvalue weighted by atomic mass is 32.2. The van der Waals surface area contributed by atoms with Crippen molar-refractivity contribution < 1.29 is 17.2 Å². The van der Waals surface area contributed by atoms with E-state index >= 15 is 0 Å². The number of halogens is 2. The van der Waals surface area contributed by atoms with Crippen LogP contribution in [-0.2, 0) is 22.9 Å². The lowest BCUT2D eigenvalue weighted by Gasteiger charge is -2.25. The van der Waals surface area contributed by atoms with Crippen molar-refractivity contribution in [2.24, 2.45) is 0 Å². The Morgan fingerprint density at radius 2 is 2.04 bits per heavy atom. The van der Waals surface area contributed by atoms with Gasteiger partial charge in [0.05, 0.1) is 11.1 Å². The van der Waals surface area contributed by atoms with Gasteiger partial charge in [0.25, 0.3) is 0 Å². The number of benzene rings is 1. The highest BCUT2D eigenvalue weighted by molar-refractivity contribution is 7.89. The van der Waals surface area contributed by atoms with Crippen LogP contribution in [0.2, 0.25) is 0 Å². The molecule has 0 saturated heterocycles. The number of H-pyrrole nitrogens is 1. The Morgan fingerprint density at radius 1 is 1.20 bits per heavy atom. The van der Waals surface area contributed by atoms with Crippen LogP contribution in [0.4, 0.5) is 8.78 Å². The number of pyridine rings is 1. The summed E-state index contributed by atoms with van der Waals surface area (Å²) >= 11 is 0. The van der Waals surface area contributed by atoms with Crippen molar-refractivity contribution in [3.05, 3.63) is 53.4 Å². The Morgan fingerprint density at radius 3 is 2.84 bits per heavy atom. The standard InChI is InChI=1S/C16H14F2N4O2S/c17-14-4-2-11(6-15(14)18)25(23,24)22-10-1-3-12-9(5-10)7-19-16-13(12)8-20-21-16/h2,4,6-8,10,22H,1,3,5H2,(H,19,20,21). The topological polar surface area (TPSA) is 87.7 Å². The molecular weight excluding hydrogens is 350 g/mol. The lowest BCUT2D eigenvalue weighted by Crippen LogP contribution is -2.38. The molecule has 0 radical (unpaired) electrons. The molecule has 0 saturated carbocycles. The summed E-state index contributed by atoms with van der Waals surface area (Å²) in [5.74, 6) is -2.27. The van der Waals surface area contributed by atoms with E-state index in [9.17, 15) is 17.2 Å². The number of fused-ring (bicyclic) bond motifs is 3. The van der Waals surface area contributed by atoms with Crippen LogP contribution in [0, 0.1) is 11.6 Å². The number of aromatic amines is 1. The zero-order valence-corrected chi connectivity index (χ0v) is 13.8. The number of rotatable bonds is 3. The second kappa shape index (κ2) is 5.85. The van der Waals surface area contributed by atoms with Crippen molar-refractivity contribution in [1.82, 2.24) is 19.9 Å². The fraction of sp³-hybridized carbons (Fsp3) is 0.250. The molecule has 2 aromatic heterocycles. The van der Waals surface area contributed by atoms with Crippen LogP contribution in [0.15, 0.2) is 35.5 Å². The molecule has 0 aliphatic heterocycles. The molecule has 1 aromatic carbocycles. The first kappa shape index (κ1) is 16.1. The lowest BCUT2D eigenvalue weighted by molar-refractivity contribution is 0.497. The summed E-state index contributed by atoms with van der Waals surface area (Å²) in [6.45, 7) is 0. The second-order valence-electron chi connectivity index (χ2n) is 6.03. The molecule has 0 fully saturated rings. The van der Waals surface area contributed by atoms with Gasteiger partial charge in [0.2, 0.25) is 10.0 Å². The van der Waals surface area contributed by atoms with Crippen molar-refractivity contribution in [2.75, 3.05) is 0 Å². The molecule has 1 atom stereocenters. The molecule has 9 heteroatoms. The van der Waals surface area contributed by atoms with E-state index in [1.807, 2.05) is 0 Å². The molecule has 0 spiro atoms. The van der Waals surface area contributed by atoms with E-state index < -0.39 is 21.7 Å². The number of aromatic nitrogens is 3.